The van der Waals surface area contributed by atoms with Gasteiger partial charge in [-0.15, -0.1) is 0 Å². The van der Waals surface area contributed by atoms with Gasteiger partial charge >= 0.3 is 0 Å². The number of hydrogen-bond acceptors (Lipinski definition) is 6. The number of amides is 1. The molecule has 0 unspecified atom stereocenters. The molecule has 3 rings (SSSR count). The molecule has 0 aromatic heterocycles. The van der Waals surface area contributed by atoms with Gasteiger partial charge in [-0.05, 0) is 48.5 Å². The number of non-ortho nitro benzene ring substituents is 1. The Hall–Kier alpha value is -3.63. The summed E-state index contributed by atoms with van der Waals surface area (Å²) in [5.74, 6) is -0.151. The molecule has 0 heterocycles. The monoisotopic (exact) mass is 461 g/mol. The molecule has 31 heavy (non-hydrogen) atoms. The summed E-state index contributed by atoms with van der Waals surface area (Å²) in [6.45, 7) is 0. The number of hydrogen-bond donors (Lipinski definition) is 2. The van der Waals surface area contributed by atoms with Crippen LogP contribution in [0.15, 0.2) is 71.6 Å². The van der Waals surface area contributed by atoms with Crippen LogP contribution in [-0.2, 0) is 10.0 Å². The van der Waals surface area contributed by atoms with Crippen LogP contribution in [0.2, 0.25) is 5.02 Å². The number of nitro benzene ring substituents is 1. The van der Waals surface area contributed by atoms with Crippen molar-refractivity contribution >= 4 is 44.6 Å². The van der Waals surface area contributed by atoms with E-state index in [9.17, 15) is 23.3 Å². The predicted octanol–water partition coefficient (Wildman–Crippen LogP) is 4.31. The van der Waals surface area contributed by atoms with E-state index in [0.717, 1.165) is 6.07 Å². The van der Waals surface area contributed by atoms with Gasteiger partial charge in [0.2, 0.25) is 0 Å². The van der Waals surface area contributed by atoms with Gasteiger partial charge in [-0.2, -0.15) is 0 Å². The number of anilines is 2. The van der Waals surface area contributed by atoms with Crippen molar-refractivity contribution in [1.82, 2.24) is 0 Å². The first kappa shape index (κ1) is 22.1. The SMILES string of the molecule is COc1ccc(NS(=O)(=O)c2ccc(Cl)c(C(=O)Nc3cccc([N+](=O)[O-])c3)c2)cc1. The van der Waals surface area contributed by atoms with Crippen LogP contribution in [0.1, 0.15) is 10.4 Å². The Labute approximate surface area is 182 Å². The smallest absolute Gasteiger partial charge is 0.271 e. The maximum Gasteiger partial charge on any atom is 0.271 e. The number of methoxy groups -OCH3 is 1. The summed E-state index contributed by atoms with van der Waals surface area (Å²) in [5, 5.41) is 13.4. The topological polar surface area (TPSA) is 128 Å². The molecule has 160 valence electrons. The fourth-order valence-electron chi connectivity index (χ4n) is 2.61. The van der Waals surface area contributed by atoms with Crippen molar-refractivity contribution in [3.05, 3.63) is 87.4 Å². The van der Waals surface area contributed by atoms with E-state index in [0.29, 0.717) is 11.4 Å². The Balaban J connectivity index is 1.85. The quantitative estimate of drug-likeness (QED) is 0.398. The third-order valence-electron chi connectivity index (χ3n) is 4.15. The Bertz CT molecular complexity index is 1250. The molecule has 0 aliphatic carbocycles. The zero-order valence-electron chi connectivity index (χ0n) is 16.0. The van der Waals surface area contributed by atoms with E-state index >= 15 is 0 Å². The van der Waals surface area contributed by atoms with E-state index < -0.39 is 20.9 Å². The van der Waals surface area contributed by atoms with E-state index in [2.05, 4.69) is 10.0 Å². The molecule has 0 spiro atoms. The molecule has 0 aliphatic rings. The second-order valence-corrected chi connectivity index (χ2v) is 8.33. The number of halogens is 1. The van der Waals surface area contributed by atoms with Crippen molar-refractivity contribution in [3.8, 4) is 5.75 Å². The molecule has 11 heteroatoms. The second kappa shape index (κ2) is 9.02. The number of nitrogens with zero attached hydrogens (tertiary/aromatic N) is 1. The zero-order valence-corrected chi connectivity index (χ0v) is 17.6. The van der Waals surface area contributed by atoms with Crippen LogP contribution in [0, 0.1) is 10.1 Å². The highest BCUT2D eigenvalue weighted by Gasteiger charge is 2.20. The summed E-state index contributed by atoms with van der Waals surface area (Å²) < 4.78 is 32.9. The largest absolute Gasteiger partial charge is 0.497 e. The molecule has 0 radical (unpaired) electrons. The maximum absolute atomic E-state index is 12.7. The van der Waals surface area contributed by atoms with Crippen molar-refractivity contribution in [2.75, 3.05) is 17.1 Å². The number of nitrogens with one attached hydrogen (secondary N) is 2. The summed E-state index contributed by atoms with van der Waals surface area (Å²) in [6.07, 6.45) is 0. The first-order valence-corrected chi connectivity index (χ1v) is 10.6. The van der Waals surface area contributed by atoms with Crippen LogP contribution in [-0.4, -0.2) is 26.4 Å². The molecule has 0 atom stereocenters. The minimum atomic E-state index is -4.02. The van der Waals surface area contributed by atoms with Gasteiger partial charge in [-0.3, -0.25) is 19.6 Å². The summed E-state index contributed by atoms with van der Waals surface area (Å²) in [5.41, 5.74) is 0.160. The predicted molar refractivity (Wildman–Crippen MR) is 116 cm³/mol. The first-order chi connectivity index (χ1) is 14.7. The van der Waals surface area contributed by atoms with E-state index in [1.54, 1.807) is 12.1 Å². The van der Waals surface area contributed by atoms with Crippen LogP contribution in [0.3, 0.4) is 0 Å². The minimum absolute atomic E-state index is 0.0197. The van der Waals surface area contributed by atoms with E-state index in [-0.39, 0.29) is 26.9 Å². The third-order valence-corrected chi connectivity index (χ3v) is 5.86. The number of carbonyl (C=O) groups excluding carboxylic acids is 1. The lowest BCUT2D eigenvalue weighted by Gasteiger charge is -2.11. The summed E-state index contributed by atoms with van der Waals surface area (Å²) >= 11 is 6.08. The van der Waals surface area contributed by atoms with Gasteiger partial charge in [0.25, 0.3) is 21.6 Å². The van der Waals surface area contributed by atoms with Gasteiger partial charge in [0.15, 0.2) is 0 Å². The number of sulfonamides is 1. The van der Waals surface area contributed by atoms with Gasteiger partial charge in [0.1, 0.15) is 5.75 Å². The van der Waals surface area contributed by atoms with Crippen molar-refractivity contribution in [2.24, 2.45) is 0 Å². The molecule has 9 nitrogen and oxygen atoms in total. The molecular formula is C20H16ClN3O6S. The Morgan fingerprint density at radius 3 is 2.39 bits per heavy atom. The van der Waals surface area contributed by atoms with Gasteiger partial charge < -0.3 is 10.1 Å². The lowest BCUT2D eigenvalue weighted by molar-refractivity contribution is -0.384. The Kier molecular flexibility index (Phi) is 6.42. The average Bonchev–Trinajstić information content (AvgIpc) is 2.74. The second-order valence-electron chi connectivity index (χ2n) is 6.24. The van der Waals surface area contributed by atoms with Crippen LogP contribution >= 0.6 is 11.6 Å². The number of ether oxygens (including phenoxy) is 1. The molecule has 0 fully saturated rings. The van der Waals surface area contributed by atoms with Crippen LogP contribution in [0.25, 0.3) is 0 Å². The molecule has 0 bridgehead atoms. The molecule has 0 saturated heterocycles. The highest BCUT2D eigenvalue weighted by Crippen LogP contribution is 2.25. The summed E-state index contributed by atoms with van der Waals surface area (Å²) in [6, 6.07) is 15.3. The molecule has 1 amide bonds. The van der Waals surface area contributed by atoms with E-state index in [1.165, 1.54) is 55.6 Å². The van der Waals surface area contributed by atoms with Gasteiger partial charge in [0.05, 0.1) is 27.5 Å². The van der Waals surface area contributed by atoms with Crippen molar-refractivity contribution in [1.29, 1.82) is 0 Å². The number of benzene rings is 3. The van der Waals surface area contributed by atoms with Crippen LogP contribution < -0.4 is 14.8 Å². The highest BCUT2D eigenvalue weighted by molar-refractivity contribution is 7.92. The minimum Gasteiger partial charge on any atom is -0.497 e. The van der Waals surface area contributed by atoms with Gasteiger partial charge in [-0.1, -0.05) is 17.7 Å². The third kappa shape index (κ3) is 5.30. The lowest BCUT2D eigenvalue weighted by Crippen LogP contribution is -2.16. The molecule has 3 aromatic carbocycles. The van der Waals surface area contributed by atoms with Gasteiger partial charge in [-0.25, -0.2) is 8.42 Å². The Morgan fingerprint density at radius 1 is 1.03 bits per heavy atom. The van der Waals surface area contributed by atoms with E-state index in [1.807, 2.05) is 0 Å². The molecule has 0 saturated carbocycles. The molecule has 2 N–H and O–H groups in total. The normalized spacial score (nSPS) is 10.9. The van der Waals surface area contributed by atoms with Crippen molar-refractivity contribution < 1.29 is 22.9 Å². The molecule has 0 aliphatic heterocycles. The number of carbonyl (C=O) groups is 1. The first-order valence-electron chi connectivity index (χ1n) is 8.72. The number of nitro groups is 1. The molecule has 3 aromatic rings. The standard InChI is InChI=1S/C20H16ClN3O6S/c1-30-16-7-5-13(6-8-16)23-31(28,29)17-9-10-19(21)18(12-17)20(25)22-14-3-2-4-15(11-14)24(26)27/h2-12,23H,1H3,(H,22,25). The van der Waals surface area contributed by atoms with Crippen LogP contribution in [0.5, 0.6) is 5.75 Å². The van der Waals surface area contributed by atoms with Crippen LogP contribution in [0.4, 0.5) is 17.1 Å². The summed E-state index contributed by atoms with van der Waals surface area (Å²) in [4.78, 5) is 22.7. The van der Waals surface area contributed by atoms with Crippen molar-refractivity contribution in [3.63, 3.8) is 0 Å². The summed E-state index contributed by atoms with van der Waals surface area (Å²) in [7, 11) is -2.52. The lowest BCUT2D eigenvalue weighted by atomic mass is 10.2. The molecular weight excluding hydrogens is 446 g/mol. The highest BCUT2D eigenvalue weighted by atomic mass is 35.5. The average molecular weight is 462 g/mol. The fraction of sp³-hybridized carbons (Fsp3) is 0.0500. The van der Waals surface area contributed by atoms with Gasteiger partial charge in [0, 0.05) is 23.5 Å². The fourth-order valence-corrected chi connectivity index (χ4v) is 3.90. The zero-order chi connectivity index (χ0) is 22.6. The van der Waals surface area contributed by atoms with Crippen molar-refractivity contribution in [2.45, 2.75) is 4.90 Å². The van der Waals surface area contributed by atoms with E-state index in [4.69, 9.17) is 16.3 Å². The maximum atomic E-state index is 12.7. The number of rotatable bonds is 7. The Morgan fingerprint density at radius 2 is 1.74 bits per heavy atom.